The van der Waals surface area contributed by atoms with E-state index < -0.39 is 110 Å². The van der Waals surface area contributed by atoms with Crippen molar-refractivity contribution in [2.24, 2.45) is 5.73 Å². The Bertz CT molecular complexity index is 1190. The Kier molecular flexibility index (Phi) is 16.7. The van der Waals surface area contributed by atoms with Gasteiger partial charge in [0.05, 0.1) is 26.2 Å². The Hall–Kier alpha value is -5.30. The minimum atomic E-state index is -1.23. The first-order chi connectivity index (χ1) is 21.6. The molecule has 1 saturated heterocycles. The van der Waals surface area contributed by atoms with Gasteiger partial charge in [0, 0.05) is 19.4 Å². The number of carbonyl (C=O) groups excluding carboxylic acids is 9. The topological polar surface area (TPSA) is 304 Å². The van der Waals surface area contributed by atoms with Crippen molar-refractivity contribution in [1.82, 2.24) is 42.1 Å². The molecule has 0 aromatic heterocycles. The highest BCUT2D eigenvalue weighted by Crippen LogP contribution is 2.17. The fourth-order valence-electron chi connectivity index (χ4n) is 4.02. The number of hydrogen-bond acceptors (Lipinski definition) is 10. The molecule has 1 fully saturated rings. The van der Waals surface area contributed by atoms with E-state index in [2.05, 4.69) is 37.2 Å². The molecule has 1 aliphatic rings. The molecular weight excluding hydrogens is 614 g/mol. The third-order valence-corrected chi connectivity index (χ3v) is 6.44. The van der Waals surface area contributed by atoms with Crippen molar-refractivity contribution in [3.05, 3.63) is 0 Å². The number of likely N-dealkylation sites (tertiary alicyclic amines) is 1. The minimum absolute atomic E-state index is 0.0753. The largest absolute Gasteiger partial charge is 0.480 e. The Balaban J connectivity index is 2.37. The number of aliphatic carboxylic acids is 1. The van der Waals surface area contributed by atoms with Crippen molar-refractivity contribution in [2.45, 2.75) is 64.1 Å². The van der Waals surface area contributed by atoms with Crippen LogP contribution in [0.1, 0.15) is 46.0 Å². The van der Waals surface area contributed by atoms with E-state index in [-0.39, 0.29) is 25.8 Å². The maximum atomic E-state index is 12.5. The number of primary amides is 1. The van der Waals surface area contributed by atoms with Gasteiger partial charge in [0.1, 0.15) is 24.7 Å². The second-order valence-electron chi connectivity index (χ2n) is 10.1. The molecule has 1 rings (SSSR count). The predicted molar refractivity (Wildman–Crippen MR) is 156 cm³/mol. The van der Waals surface area contributed by atoms with E-state index in [1.54, 1.807) is 6.92 Å². The smallest absolute Gasteiger partial charge is 0.322 e. The van der Waals surface area contributed by atoms with Crippen molar-refractivity contribution < 1.29 is 53.1 Å². The van der Waals surface area contributed by atoms with E-state index >= 15 is 0 Å². The van der Waals surface area contributed by atoms with Crippen LogP contribution in [-0.2, 0) is 47.9 Å². The number of hydrogen-bond donors (Lipinski definition) is 9. The second-order valence-corrected chi connectivity index (χ2v) is 10.1. The van der Waals surface area contributed by atoms with E-state index in [9.17, 15) is 47.9 Å². The molecular formula is C26H41N9O11. The number of rotatable bonds is 19. The maximum absolute atomic E-state index is 12.5. The second kappa shape index (κ2) is 19.9. The summed E-state index contributed by atoms with van der Waals surface area (Å²) >= 11 is 0. The van der Waals surface area contributed by atoms with Crippen LogP contribution in [0.15, 0.2) is 0 Å². The molecule has 1 aliphatic heterocycles. The van der Waals surface area contributed by atoms with Crippen LogP contribution in [-0.4, -0.2) is 127 Å². The third-order valence-electron chi connectivity index (χ3n) is 6.44. The number of carboxylic acids is 1. The van der Waals surface area contributed by atoms with Crippen LogP contribution in [0.4, 0.5) is 0 Å². The van der Waals surface area contributed by atoms with Gasteiger partial charge in [0.25, 0.3) is 0 Å². The zero-order valence-electron chi connectivity index (χ0n) is 25.6. The molecule has 20 nitrogen and oxygen atoms in total. The first-order valence-corrected chi connectivity index (χ1v) is 14.4. The van der Waals surface area contributed by atoms with E-state index in [0.29, 0.717) is 12.8 Å². The van der Waals surface area contributed by atoms with Crippen molar-refractivity contribution in [3.8, 4) is 0 Å². The van der Waals surface area contributed by atoms with Crippen LogP contribution in [0.3, 0.4) is 0 Å². The van der Waals surface area contributed by atoms with Gasteiger partial charge in [-0.1, -0.05) is 6.92 Å². The molecule has 0 spiro atoms. The van der Waals surface area contributed by atoms with Gasteiger partial charge in [-0.15, -0.1) is 0 Å². The standard InChI is InChI=1S/C26H41N9O11/c1-3-18(37)34-15(6-7-17(27)36)25(45)30-10-20(39)28-9-19(38)29-11-21(40)33-14(2)24(44)31-12-22(41)35-8-4-5-16(35)26(46)32-13-23(42)43/h14-16H,3-13H2,1-2H3,(H2,27,36)(H,28,39)(H,29,38)(H,30,45)(H,31,44)(H,32,46)(H,33,40)(H,34,37)(H,42,43). The molecule has 1 heterocycles. The fraction of sp³-hybridized carbons (Fsp3) is 0.615. The monoisotopic (exact) mass is 655 g/mol. The van der Waals surface area contributed by atoms with Gasteiger partial charge in [-0.3, -0.25) is 47.9 Å². The maximum Gasteiger partial charge on any atom is 0.322 e. The summed E-state index contributed by atoms with van der Waals surface area (Å²) in [5.74, 6) is -7.28. The van der Waals surface area contributed by atoms with Crippen molar-refractivity contribution in [1.29, 1.82) is 0 Å². The zero-order valence-corrected chi connectivity index (χ0v) is 25.6. The number of nitrogens with two attached hydrogens (primary N) is 1. The van der Waals surface area contributed by atoms with Crippen LogP contribution in [0.25, 0.3) is 0 Å². The lowest BCUT2D eigenvalue weighted by molar-refractivity contribution is -0.141. The van der Waals surface area contributed by atoms with Crippen molar-refractivity contribution >= 4 is 59.1 Å². The van der Waals surface area contributed by atoms with E-state index in [1.807, 2.05) is 0 Å². The molecule has 3 unspecified atom stereocenters. The van der Waals surface area contributed by atoms with Crippen molar-refractivity contribution in [2.75, 3.05) is 39.3 Å². The Morgan fingerprint density at radius 3 is 1.93 bits per heavy atom. The van der Waals surface area contributed by atoms with Gasteiger partial charge in [0.15, 0.2) is 0 Å². The lowest BCUT2D eigenvalue weighted by Gasteiger charge is -2.24. The van der Waals surface area contributed by atoms with Crippen molar-refractivity contribution in [3.63, 3.8) is 0 Å². The Morgan fingerprint density at radius 1 is 0.761 bits per heavy atom. The van der Waals surface area contributed by atoms with Crippen LogP contribution in [0.5, 0.6) is 0 Å². The third kappa shape index (κ3) is 14.9. The molecule has 0 aliphatic carbocycles. The number of nitrogens with one attached hydrogen (secondary N) is 7. The van der Waals surface area contributed by atoms with Gasteiger partial charge in [-0.25, -0.2) is 0 Å². The summed E-state index contributed by atoms with van der Waals surface area (Å²) in [7, 11) is 0. The number of nitrogens with zero attached hydrogens (tertiary/aromatic N) is 1. The summed E-state index contributed by atoms with van der Waals surface area (Å²) in [5.41, 5.74) is 5.08. The molecule has 0 saturated carbocycles. The molecule has 46 heavy (non-hydrogen) atoms. The summed E-state index contributed by atoms with van der Waals surface area (Å²) in [5, 5.41) is 24.7. The summed E-state index contributed by atoms with van der Waals surface area (Å²) in [6.07, 6.45) is 0.689. The fourth-order valence-corrected chi connectivity index (χ4v) is 4.02. The Morgan fingerprint density at radius 2 is 1.35 bits per heavy atom. The van der Waals surface area contributed by atoms with Crippen LogP contribution >= 0.6 is 0 Å². The molecule has 0 bridgehead atoms. The first kappa shape index (κ1) is 38.7. The molecule has 0 aromatic carbocycles. The highest BCUT2D eigenvalue weighted by Gasteiger charge is 2.34. The van der Waals surface area contributed by atoms with Gasteiger partial charge in [-0.2, -0.15) is 0 Å². The molecule has 9 amide bonds. The van der Waals surface area contributed by atoms with Gasteiger partial charge >= 0.3 is 5.97 Å². The molecule has 10 N–H and O–H groups in total. The summed E-state index contributed by atoms with van der Waals surface area (Å²) in [6.45, 7) is 0.424. The highest BCUT2D eigenvalue weighted by atomic mass is 16.4. The van der Waals surface area contributed by atoms with Gasteiger partial charge < -0.3 is 53.0 Å². The summed E-state index contributed by atoms with van der Waals surface area (Å²) < 4.78 is 0. The molecule has 3 atom stereocenters. The first-order valence-electron chi connectivity index (χ1n) is 14.4. The SMILES string of the molecule is CCC(=O)NC(CCC(N)=O)C(=O)NCC(=O)NCC(=O)NCC(=O)NC(C)C(=O)NCC(=O)N1CCCC1C(=O)NCC(=O)O. The van der Waals surface area contributed by atoms with Gasteiger partial charge in [0.2, 0.25) is 53.2 Å². The number of amides is 9. The predicted octanol–water partition coefficient (Wildman–Crippen LogP) is -5.69. The molecule has 20 heteroatoms. The van der Waals surface area contributed by atoms with E-state index in [4.69, 9.17) is 10.8 Å². The minimum Gasteiger partial charge on any atom is -0.480 e. The van der Waals surface area contributed by atoms with E-state index in [1.165, 1.54) is 11.8 Å². The lowest BCUT2D eigenvalue weighted by Crippen LogP contribution is -2.52. The average molecular weight is 656 g/mol. The quantitative estimate of drug-likeness (QED) is 0.0631. The highest BCUT2D eigenvalue weighted by molar-refractivity contribution is 5.95. The van der Waals surface area contributed by atoms with Gasteiger partial charge in [-0.05, 0) is 26.2 Å². The average Bonchev–Trinajstić information content (AvgIpc) is 3.51. The van der Waals surface area contributed by atoms with E-state index in [0.717, 1.165) is 0 Å². The Labute approximate surface area is 263 Å². The molecule has 256 valence electrons. The molecule has 0 radical (unpaired) electrons. The molecule has 0 aromatic rings. The van der Waals surface area contributed by atoms with Crippen LogP contribution in [0.2, 0.25) is 0 Å². The summed E-state index contributed by atoms with van der Waals surface area (Å²) in [4.78, 5) is 120. The van der Waals surface area contributed by atoms with Crippen LogP contribution in [0, 0.1) is 0 Å². The number of carbonyl (C=O) groups is 10. The lowest BCUT2D eigenvalue weighted by atomic mass is 10.1. The number of carboxylic acid groups (broad SMARTS) is 1. The van der Waals surface area contributed by atoms with Crippen LogP contribution < -0.4 is 43.0 Å². The zero-order chi connectivity index (χ0) is 34.8. The summed E-state index contributed by atoms with van der Waals surface area (Å²) in [6, 6.07) is -3.07. The normalized spacial score (nSPS) is 14.9.